The van der Waals surface area contributed by atoms with E-state index in [2.05, 4.69) is 35.0 Å². The van der Waals surface area contributed by atoms with Crippen molar-refractivity contribution < 1.29 is 0 Å². The number of hydrogen-bond acceptors (Lipinski definition) is 0. The molecule has 0 aliphatic carbocycles. The average molecular weight is 212 g/mol. The minimum absolute atomic E-state index is 1.17. The van der Waals surface area contributed by atoms with E-state index in [1.807, 2.05) is 12.1 Å². The van der Waals surface area contributed by atoms with Gasteiger partial charge in [-0.2, -0.15) is 0 Å². The average Bonchev–Trinajstić information content (AvgIpc) is 2.03. The van der Waals surface area contributed by atoms with Gasteiger partial charge in [-0.3, -0.25) is 0 Å². The standard InChI is InChI=1S/C10H12Br/c1-2-3-6-9-7-4-5-8-10(9)11/h4,7-8H,2-3,6H2,1H3. The number of hydrogen-bond donors (Lipinski definition) is 0. The van der Waals surface area contributed by atoms with Crippen LogP contribution in [0.5, 0.6) is 0 Å². The molecule has 1 rings (SSSR count). The van der Waals surface area contributed by atoms with Crippen LogP contribution < -0.4 is 0 Å². The number of rotatable bonds is 3. The Bertz CT molecular complexity index is 218. The monoisotopic (exact) mass is 211 g/mol. The normalized spacial score (nSPS) is 10.0. The molecule has 0 unspecified atom stereocenters. The molecule has 0 fully saturated rings. The molecule has 0 aliphatic heterocycles. The Labute approximate surface area is 76.8 Å². The predicted octanol–water partition coefficient (Wildman–Crippen LogP) is 3.59. The Balaban J connectivity index is 2.62. The van der Waals surface area contributed by atoms with E-state index in [4.69, 9.17) is 0 Å². The fraction of sp³-hybridized carbons (Fsp3) is 0.400. The molecule has 11 heavy (non-hydrogen) atoms. The lowest BCUT2D eigenvalue weighted by Gasteiger charge is -2.00. The topological polar surface area (TPSA) is 0 Å². The van der Waals surface area contributed by atoms with Crippen LogP contribution in [-0.4, -0.2) is 0 Å². The molecular weight excluding hydrogens is 200 g/mol. The third-order valence-electron chi connectivity index (χ3n) is 1.70. The van der Waals surface area contributed by atoms with Crippen molar-refractivity contribution in [2.45, 2.75) is 26.2 Å². The second kappa shape index (κ2) is 4.55. The highest BCUT2D eigenvalue weighted by Crippen LogP contribution is 2.17. The highest BCUT2D eigenvalue weighted by atomic mass is 79.9. The Kier molecular flexibility index (Phi) is 3.64. The molecule has 1 aromatic carbocycles. The highest BCUT2D eigenvalue weighted by molar-refractivity contribution is 9.10. The number of halogens is 1. The van der Waals surface area contributed by atoms with Gasteiger partial charge in [-0.05, 0) is 30.5 Å². The minimum Gasteiger partial charge on any atom is -0.0654 e. The van der Waals surface area contributed by atoms with E-state index >= 15 is 0 Å². The fourth-order valence-electron chi connectivity index (χ4n) is 1.01. The molecule has 1 aromatic rings. The van der Waals surface area contributed by atoms with Crippen molar-refractivity contribution >= 4 is 15.9 Å². The Morgan fingerprint density at radius 2 is 2.36 bits per heavy atom. The molecule has 0 amide bonds. The van der Waals surface area contributed by atoms with Gasteiger partial charge in [0.1, 0.15) is 0 Å². The molecule has 0 saturated heterocycles. The SMILES string of the molecule is CCCCc1cc[c]cc1Br. The maximum absolute atomic E-state index is 3.50. The first-order chi connectivity index (χ1) is 5.34. The molecule has 0 atom stereocenters. The van der Waals surface area contributed by atoms with E-state index in [9.17, 15) is 0 Å². The summed E-state index contributed by atoms with van der Waals surface area (Å²) in [6.07, 6.45) is 3.69. The van der Waals surface area contributed by atoms with E-state index < -0.39 is 0 Å². The van der Waals surface area contributed by atoms with Crippen molar-refractivity contribution in [1.82, 2.24) is 0 Å². The van der Waals surface area contributed by atoms with Gasteiger partial charge >= 0.3 is 0 Å². The Morgan fingerprint density at radius 3 is 3.00 bits per heavy atom. The summed E-state index contributed by atoms with van der Waals surface area (Å²) in [5.74, 6) is 0. The lowest BCUT2D eigenvalue weighted by atomic mass is 10.1. The van der Waals surface area contributed by atoms with Crippen LogP contribution in [0.15, 0.2) is 22.7 Å². The van der Waals surface area contributed by atoms with Gasteiger partial charge in [0.2, 0.25) is 0 Å². The summed E-state index contributed by atoms with van der Waals surface area (Å²) in [7, 11) is 0. The zero-order valence-corrected chi connectivity index (χ0v) is 8.32. The highest BCUT2D eigenvalue weighted by Gasteiger charge is 1.95. The lowest BCUT2D eigenvalue weighted by Crippen LogP contribution is -1.84. The third kappa shape index (κ3) is 2.66. The first kappa shape index (κ1) is 8.79. The van der Waals surface area contributed by atoms with Gasteiger partial charge in [-0.25, -0.2) is 0 Å². The van der Waals surface area contributed by atoms with Crippen LogP contribution in [0.1, 0.15) is 25.3 Å². The van der Waals surface area contributed by atoms with Crippen LogP contribution in [0.3, 0.4) is 0 Å². The quantitative estimate of drug-likeness (QED) is 0.718. The molecule has 1 radical (unpaired) electrons. The largest absolute Gasteiger partial charge is 0.0654 e. The van der Waals surface area contributed by atoms with Crippen molar-refractivity contribution in [3.05, 3.63) is 34.3 Å². The first-order valence-electron chi connectivity index (χ1n) is 3.99. The van der Waals surface area contributed by atoms with E-state index in [0.29, 0.717) is 0 Å². The van der Waals surface area contributed by atoms with Gasteiger partial charge in [-0.1, -0.05) is 41.4 Å². The molecule has 59 valence electrons. The van der Waals surface area contributed by atoms with Gasteiger partial charge in [0.15, 0.2) is 0 Å². The van der Waals surface area contributed by atoms with E-state index in [1.54, 1.807) is 0 Å². The van der Waals surface area contributed by atoms with Gasteiger partial charge in [0.05, 0.1) is 0 Å². The molecule has 0 heterocycles. The summed E-state index contributed by atoms with van der Waals surface area (Å²) in [5, 5.41) is 0. The van der Waals surface area contributed by atoms with Crippen LogP contribution in [0.2, 0.25) is 0 Å². The molecule has 0 bridgehead atoms. The Hall–Kier alpha value is -0.300. The molecular formula is C10H12Br. The van der Waals surface area contributed by atoms with Crippen molar-refractivity contribution in [1.29, 1.82) is 0 Å². The first-order valence-corrected chi connectivity index (χ1v) is 4.78. The predicted molar refractivity (Wildman–Crippen MR) is 51.6 cm³/mol. The van der Waals surface area contributed by atoms with Crippen LogP contribution in [-0.2, 0) is 6.42 Å². The van der Waals surface area contributed by atoms with E-state index in [1.165, 1.54) is 29.3 Å². The van der Waals surface area contributed by atoms with Crippen LogP contribution in [0, 0.1) is 6.07 Å². The van der Waals surface area contributed by atoms with Gasteiger partial charge in [0.25, 0.3) is 0 Å². The maximum Gasteiger partial charge on any atom is 0.0213 e. The minimum atomic E-state index is 1.17. The number of unbranched alkanes of at least 4 members (excludes halogenated alkanes) is 1. The fourth-order valence-corrected chi connectivity index (χ4v) is 1.47. The summed E-state index contributed by atoms with van der Waals surface area (Å²) in [4.78, 5) is 0. The molecule has 0 saturated carbocycles. The lowest BCUT2D eigenvalue weighted by molar-refractivity contribution is 0.793. The molecule has 1 heteroatoms. The van der Waals surface area contributed by atoms with Gasteiger partial charge in [-0.15, -0.1) is 0 Å². The summed E-state index contributed by atoms with van der Waals surface area (Å²) < 4.78 is 1.19. The molecule has 0 spiro atoms. The zero-order chi connectivity index (χ0) is 8.10. The van der Waals surface area contributed by atoms with Crippen molar-refractivity contribution in [2.75, 3.05) is 0 Å². The molecule has 0 aromatic heterocycles. The van der Waals surface area contributed by atoms with E-state index in [0.717, 1.165) is 0 Å². The summed E-state index contributed by atoms with van der Waals surface area (Å²) >= 11 is 3.50. The molecule has 0 nitrogen and oxygen atoms in total. The third-order valence-corrected chi connectivity index (χ3v) is 2.44. The molecule has 0 N–H and O–H groups in total. The number of benzene rings is 1. The summed E-state index contributed by atoms with van der Waals surface area (Å²) in [6, 6.07) is 9.10. The van der Waals surface area contributed by atoms with Gasteiger partial charge < -0.3 is 0 Å². The summed E-state index contributed by atoms with van der Waals surface area (Å²) in [5.41, 5.74) is 1.39. The summed E-state index contributed by atoms with van der Waals surface area (Å²) in [6.45, 7) is 2.21. The van der Waals surface area contributed by atoms with Crippen molar-refractivity contribution in [3.63, 3.8) is 0 Å². The van der Waals surface area contributed by atoms with Gasteiger partial charge in [0, 0.05) is 4.47 Å². The van der Waals surface area contributed by atoms with Crippen molar-refractivity contribution in [2.24, 2.45) is 0 Å². The number of aryl methyl sites for hydroxylation is 1. The smallest absolute Gasteiger partial charge is 0.0213 e. The zero-order valence-electron chi connectivity index (χ0n) is 6.73. The van der Waals surface area contributed by atoms with Crippen LogP contribution in [0.25, 0.3) is 0 Å². The maximum atomic E-state index is 3.50. The van der Waals surface area contributed by atoms with Crippen LogP contribution in [0.4, 0.5) is 0 Å². The second-order valence-corrected chi connectivity index (χ2v) is 3.48. The molecule has 0 aliphatic rings. The second-order valence-electron chi connectivity index (χ2n) is 2.62. The Morgan fingerprint density at radius 1 is 1.55 bits per heavy atom. The van der Waals surface area contributed by atoms with Crippen LogP contribution >= 0.6 is 15.9 Å². The van der Waals surface area contributed by atoms with Crippen molar-refractivity contribution in [3.8, 4) is 0 Å². The van der Waals surface area contributed by atoms with E-state index in [-0.39, 0.29) is 0 Å².